The number of hydrogen-bond acceptors (Lipinski definition) is 3. The zero-order chi connectivity index (χ0) is 65.8. The van der Waals surface area contributed by atoms with Crippen LogP contribution in [0.5, 0.6) is 34.5 Å². The van der Waals surface area contributed by atoms with Crippen molar-refractivity contribution in [2.24, 2.45) is 0 Å². The highest BCUT2D eigenvalue weighted by Gasteiger charge is 1.96. The molecule has 0 unspecified atom stereocenters. The van der Waals surface area contributed by atoms with E-state index >= 15 is 0 Å². The maximum absolute atomic E-state index is 5.63. The van der Waals surface area contributed by atoms with Gasteiger partial charge in [-0.05, 0) is 109 Å². The Labute approximate surface area is 532 Å². The van der Waals surface area contributed by atoms with Gasteiger partial charge in [0.2, 0.25) is 0 Å². The van der Waals surface area contributed by atoms with Crippen LogP contribution < -0.4 is 14.2 Å². The zero-order valence-electron chi connectivity index (χ0n) is 57.2. The number of para-hydroxylation sites is 5. The number of aryl methyl sites for hydroxylation is 2. The smallest absolute Gasteiger partial charge is 0.127 e. The molecular weight excluding hydrogens is 1060 g/mol. The van der Waals surface area contributed by atoms with Gasteiger partial charge in [-0.2, -0.15) is 0 Å². The minimum atomic E-state index is 0.869. The highest BCUT2D eigenvalue weighted by molar-refractivity contribution is 5.82. The molecule has 0 spiro atoms. The van der Waals surface area contributed by atoms with Crippen molar-refractivity contribution in [2.45, 2.75) is 138 Å². The third-order valence-electron chi connectivity index (χ3n) is 9.92. The predicted molar refractivity (Wildman–Crippen MR) is 393 cm³/mol. The van der Waals surface area contributed by atoms with Crippen molar-refractivity contribution >= 4 is 10.8 Å². The molecule has 0 atom stereocenters. The van der Waals surface area contributed by atoms with Gasteiger partial charge in [-0.15, -0.1) is 0 Å². The largest absolute Gasteiger partial charge is 0.457 e. The van der Waals surface area contributed by atoms with Gasteiger partial charge < -0.3 is 14.2 Å². The van der Waals surface area contributed by atoms with E-state index in [2.05, 4.69) is 123 Å². The van der Waals surface area contributed by atoms with Crippen LogP contribution in [-0.2, 0) is 0 Å². The average molecular weight is 1170 g/mol. The van der Waals surface area contributed by atoms with E-state index in [-0.39, 0.29) is 0 Å². The molecule has 0 bridgehead atoms. The van der Waals surface area contributed by atoms with Gasteiger partial charge in [0.05, 0.1) is 0 Å². The molecule has 3 heteroatoms. The molecule has 0 aliphatic heterocycles. The first-order valence-electron chi connectivity index (χ1n) is 32.0. The van der Waals surface area contributed by atoms with Gasteiger partial charge >= 0.3 is 0 Å². The molecule has 0 aliphatic carbocycles. The molecule has 87 heavy (non-hydrogen) atoms. The van der Waals surface area contributed by atoms with Crippen molar-refractivity contribution in [1.29, 1.82) is 0 Å². The van der Waals surface area contributed by atoms with Gasteiger partial charge in [-0.3, -0.25) is 0 Å². The van der Waals surface area contributed by atoms with E-state index in [1.165, 1.54) is 33.0 Å². The first-order chi connectivity index (χ1) is 43.1. The molecule has 11 aromatic carbocycles. The van der Waals surface area contributed by atoms with Gasteiger partial charge in [0.15, 0.2) is 0 Å². The third-order valence-corrected chi connectivity index (χ3v) is 9.92. The van der Waals surface area contributed by atoms with Crippen molar-refractivity contribution in [3.63, 3.8) is 0 Å². The molecule has 0 heterocycles. The highest BCUT2D eigenvalue weighted by atomic mass is 16.5. The van der Waals surface area contributed by atoms with Crippen molar-refractivity contribution in [1.82, 2.24) is 0 Å². The maximum atomic E-state index is 5.63. The van der Waals surface area contributed by atoms with Crippen molar-refractivity contribution in [3.8, 4) is 45.6 Å². The summed E-state index contributed by atoms with van der Waals surface area (Å²) in [6.45, 7) is 40.1. The minimum absolute atomic E-state index is 0.869. The topological polar surface area (TPSA) is 27.7 Å². The Morgan fingerprint density at radius 1 is 0.149 bits per heavy atom. The number of rotatable bonds is 7. The van der Waals surface area contributed by atoms with Crippen LogP contribution in [0.15, 0.2) is 315 Å². The number of benzene rings is 11. The molecule has 3 nitrogen and oxygen atoms in total. The molecule has 0 aromatic heterocycles. The normalized spacial score (nSPS) is 8.23. The van der Waals surface area contributed by atoms with Crippen molar-refractivity contribution in [3.05, 3.63) is 327 Å². The fourth-order valence-electron chi connectivity index (χ4n) is 6.39. The summed E-state index contributed by atoms with van der Waals surface area (Å²) in [4.78, 5) is 0. The van der Waals surface area contributed by atoms with E-state index in [1.54, 1.807) is 0 Å². The van der Waals surface area contributed by atoms with Crippen LogP contribution >= 0.6 is 0 Å². The Bertz CT molecular complexity index is 2720. The van der Waals surface area contributed by atoms with Crippen molar-refractivity contribution in [2.75, 3.05) is 0 Å². The van der Waals surface area contributed by atoms with E-state index in [0.29, 0.717) is 0 Å². The molecule has 0 amide bonds. The standard InChI is InChI=1S/C13H12O.2C12H10O.C12H10.C10H8.C7H8.9C2H6/c1-11-7-9-13(10-8-11)14-12-5-3-2-4-6-12;2*1-3-7-11(8-4-1)13-12-9-5-2-6-10-12;1-3-7-11(8-4-1)12-9-5-2-6-10-12;1-2-6-10-8-4-3-7-9(10)5-1;1-7-5-3-2-4-6-7;9*1-2/h2-10H,1H3;2*1-10H;1-10H;1-8H;2-6H,1H3;9*1-2H3. The summed E-state index contributed by atoms with van der Waals surface area (Å²) in [5.74, 6) is 5.22. The van der Waals surface area contributed by atoms with E-state index in [9.17, 15) is 0 Å². The van der Waals surface area contributed by atoms with E-state index in [4.69, 9.17) is 14.2 Å². The van der Waals surface area contributed by atoms with Crippen molar-refractivity contribution < 1.29 is 14.2 Å². The highest BCUT2D eigenvalue weighted by Crippen LogP contribution is 2.23. The second kappa shape index (κ2) is 66.2. The Kier molecular flexibility index (Phi) is 64.3. The fraction of sp³-hybridized carbons (Fsp3) is 0.238. The quantitative estimate of drug-likeness (QED) is 0.159. The first kappa shape index (κ1) is 84.5. The molecule has 11 rings (SSSR count). The number of fused-ring (bicyclic) bond motifs is 1. The lowest BCUT2D eigenvalue weighted by molar-refractivity contribution is 0.482. The Morgan fingerprint density at radius 3 is 0.483 bits per heavy atom. The molecule has 0 fully saturated rings. The maximum Gasteiger partial charge on any atom is 0.127 e. The van der Waals surface area contributed by atoms with Gasteiger partial charge in [-0.25, -0.2) is 0 Å². The molecule has 466 valence electrons. The Morgan fingerprint density at radius 2 is 0.299 bits per heavy atom. The van der Waals surface area contributed by atoms with Crippen LogP contribution in [0.25, 0.3) is 21.9 Å². The first-order valence-corrected chi connectivity index (χ1v) is 32.0. The SMILES string of the molecule is CC.CC.CC.CC.CC.CC.CC.CC.CC.Cc1ccc(Oc2ccccc2)cc1.Cc1ccccc1.c1ccc(-c2ccccc2)cc1.c1ccc(Oc2ccccc2)cc1.c1ccc(Oc2ccccc2)cc1.c1ccc2ccccc2c1. The monoisotopic (exact) mass is 1170 g/mol. The van der Waals surface area contributed by atoms with Gasteiger partial charge in [0.25, 0.3) is 0 Å². The summed E-state index contributed by atoms with van der Waals surface area (Å²) in [6.07, 6.45) is 0. The molecule has 11 aromatic rings. The van der Waals surface area contributed by atoms with E-state index < -0.39 is 0 Å². The second-order valence-electron chi connectivity index (χ2n) is 15.4. The molecule has 0 radical (unpaired) electrons. The Hall–Kier alpha value is -8.92. The lowest BCUT2D eigenvalue weighted by Crippen LogP contribution is -1.82. The molecule has 0 N–H and O–H groups in total. The lowest BCUT2D eigenvalue weighted by Gasteiger charge is -2.04. The second-order valence-corrected chi connectivity index (χ2v) is 15.4. The summed E-state index contributed by atoms with van der Waals surface area (Å²) in [5, 5.41) is 2.62. The Balaban J connectivity index is -0.000000454. The van der Waals surface area contributed by atoms with Crippen LogP contribution in [0.1, 0.15) is 136 Å². The fourth-order valence-corrected chi connectivity index (χ4v) is 6.39. The van der Waals surface area contributed by atoms with Gasteiger partial charge in [-0.1, -0.05) is 378 Å². The van der Waals surface area contributed by atoms with Crippen LogP contribution in [0.3, 0.4) is 0 Å². The molecule has 0 saturated carbocycles. The zero-order valence-corrected chi connectivity index (χ0v) is 57.2. The van der Waals surface area contributed by atoms with Crippen LogP contribution in [0.2, 0.25) is 0 Å². The van der Waals surface area contributed by atoms with Crippen LogP contribution in [0.4, 0.5) is 0 Å². The minimum Gasteiger partial charge on any atom is -0.457 e. The average Bonchev–Trinajstić information content (AvgIpc) is 3.80. The summed E-state index contributed by atoms with van der Waals surface area (Å²) in [6, 6.07) is 105. The van der Waals surface area contributed by atoms with Gasteiger partial charge in [0.1, 0.15) is 34.5 Å². The van der Waals surface area contributed by atoms with Crippen LogP contribution in [-0.4, -0.2) is 0 Å². The summed E-state index contributed by atoms with van der Waals surface area (Å²) >= 11 is 0. The number of hydrogen-bond donors (Lipinski definition) is 0. The predicted octanol–water partition coefficient (Wildman–Crippen LogP) is 28.2. The molecule has 0 aliphatic rings. The number of ether oxygens (including phenoxy) is 3. The van der Waals surface area contributed by atoms with Crippen LogP contribution in [0, 0.1) is 13.8 Å². The third kappa shape index (κ3) is 44.3. The summed E-state index contributed by atoms with van der Waals surface area (Å²) in [5.41, 5.74) is 5.11. The van der Waals surface area contributed by atoms with E-state index in [0.717, 1.165) is 34.5 Å². The summed E-state index contributed by atoms with van der Waals surface area (Å²) in [7, 11) is 0. The van der Waals surface area contributed by atoms with Gasteiger partial charge in [0, 0.05) is 0 Å². The lowest BCUT2D eigenvalue weighted by atomic mass is 10.1. The molecular formula is C84H112O3. The van der Waals surface area contributed by atoms with E-state index in [1.807, 2.05) is 331 Å². The molecule has 0 saturated heterocycles. The summed E-state index contributed by atoms with van der Waals surface area (Å²) < 4.78 is 16.8.